The maximum atomic E-state index is 12.4. The van der Waals surface area contributed by atoms with Crippen LogP contribution in [0.1, 0.15) is 11.1 Å². The molecule has 162 valence electrons. The third-order valence-electron chi connectivity index (χ3n) is 4.36. The van der Waals surface area contributed by atoms with E-state index in [0.29, 0.717) is 38.2 Å². The van der Waals surface area contributed by atoms with Gasteiger partial charge in [-0.2, -0.15) is 0 Å². The van der Waals surface area contributed by atoms with Crippen LogP contribution in [-0.2, 0) is 11.4 Å². The zero-order chi connectivity index (χ0) is 22.7. The topological polar surface area (TPSA) is 50.7 Å². The highest BCUT2D eigenvalue weighted by Gasteiger charge is 2.24. The summed E-state index contributed by atoms with van der Waals surface area (Å²) in [6, 6.07) is 18.4. The number of amidine groups is 1. The standard InChI is InChI=1S/C23H14Br2Cl2N2O2S/c24-17-9-13(10-18(25)21(17)31-12-14-3-1-2-4-19(14)27)11-20-22(30)29-23(32-20)28-16-7-5-15(26)6-8-16/h1-11H,12H2,(H,28,29,30)/b20-11-. The molecule has 3 aromatic rings. The number of nitrogens with zero attached hydrogens (tertiary/aromatic N) is 1. The van der Waals surface area contributed by atoms with Crippen LogP contribution in [0.25, 0.3) is 6.08 Å². The summed E-state index contributed by atoms with van der Waals surface area (Å²) in [4.78, 5) is 17.4. The number of carbonyl (C=O) groups excluding carboxylic acids is 1. The monoisotopic (exact) mass is 610 g/mol. The molecule has 4 rings (SSSR count). The molecule has 1 saturated heterocycles. The van der Waals surface area contributed by atoms with E-state index in [2.05, 4.69) is 42.2 Å². The number of aliphatic imine (C=N–C) groups is 1. The predicted octanol–water partition coefficient (Wildman–Crippen LogP) is 7.99. The Morgan fingerprint density at radius 2 is 1.72 bits per heavy atom. The van der Waals surface area contributed by atoms with Crippen molar-refractivity contribution in [1.29, 1.82) is 0 Å². The molecule has 0 radical (unpaired) electrons. The quantitative estimate of drug-likeness (QED) is 0.297. The van der Waals surface area contributed by atoms with Gasteiger partial charge in [-0.15, -0.1) is 0 Å². The van der Waals surface area contributed by atoms with Gasteiger partial charge in [0.15, 0.2) is 5.17 Å². The number of thioether (sulfide) groups is 1. The molecule has 0 atom stereocenters. The van der Waals surface area contributed by atoms with Crippen molar-refractivity contribution in [3.63, 3.8) is 0 Å². The summed E-state index contributed by atoms with van der Waals surface area (Å²) in [7, 11) is 0. The van der Waals surface area contributed by atoms with Crippen molar-refractivity contribution in [2.45, 2.75) is 6.61 Å². The third-order valence-corrected chi connectivity index (χ3v) is 7.07. The largest absolute Gasteiger partial charge is 0.486 e. The molecule has 1 N–H and O–H groups in total. The molecule has 1 heterocycles. The van der Waals surface area contributed by atoms with Crippen molar-refractivity contribution in [2.24, 2.45) is 4.99 Å². The van der Waals surface area contributed by atoms with Crippen molar-refractivity contribution in [1.82, 2.24) is 5.32 Å². The van der Waals surface area contributed by atoms with Gasteiger partial charge >= 0.3 is 0 Å². The second-order valence-corrected chi connectivity index (χ2v) is 10.2. The van der Waals surface area contributed by atoms with Crippen LogP contribution in [0.15, 0.2) is 79.5 Å². The van der Waals surface area contributed by atoms with Crippen molar-refractivity contribution >= 4 is 89.7 Å². The maximum absolute atomic E-state index is 12.4. The molecule has 0 aromatic heterocycles. The first-order valence-corrected chi connectivity index (χ1v) is 12.5. The second kappa shape index (κ2) is 10.4. The first kappa shape index (κ1) is 23.4. The lowest BCUT2D eigenvalue weighted by Gasteiger charge is -2.12. The summed E-state index contributed by atoms with van der Waals surface area (Å²) < 4.78 is 7.47. The fraction of sp³-hybridized carbons (Fsp3) is 0.0435. The number of hydrogen-bond acceptors (Lipinski definition) is 4. The molecule has 9 heteroatoms. The van der Waals surface area contributed by atoms with Gasteiger partial charge in [0, 0.05) is 15.6 Å². The minimum absolute atomic E-state index is 0.200. The van der Waals surface area contributed by atoms with Crippen molar-refractivity contribution in [3.8, 4) is 5.75 Å². The zero-order valence-corrected chi connectivity index (χ0v) is 21.7. The second-order valence-electron chi connectivity index (χ2n) is 6.65. The molecule has 1 aliphatic heterocycles. The van der Waals surface area contributed by atoms with Crippen molar-refractivity contribution < 1.29 is 9.53 Å². The van der Waals surface area contributed by atoms with E-state index in [4.69, 9.17) is 27.9 Å². The van der Waals surface area contributed by atoms with Gasteiger partial charge in [-0.3, -0.25) is 4.79 Å². The van der Waals surface area contributed by atoms with Crippen LogP contribution in [0.2, 0.25) is 10.0 Å². The fourth-order valence-corrected chi connectivity index (χ4v) is 5.44. The normalized spacial score (nSPS) is 15.9. The van der Waals surface area contributed by atoms with Crippen LogP contribution < -0.4 is 10.1 Å². The van der Waals surface area contributed by atoms with Gasteiger partial charge < -0.3 is 10.1 Å². The number of benzene rings is 3. The van der Waals surface area contributed by atoms with Crippen molar-refractivity contribution in [2.75, 3.05) is 0 Å². The number of nitrogens with one attached hydrogen (secondary N) is 1. The van der Waals surface area contributed by atoms with Crippen LogP contribution in [0, 0.1) is 0 Å². The first-order valence-electron chi connectivity index (χ1n) is 9.29. The number of amides is 1. The van der Waals surface area contributed by atoms with E-state index in [0.717, 1.165) is 20.1 Å². The molecule has 0 aliphatic carbocycles. The van der Waals surface area contributed by atoms with Gasteiger partial charge in [-0.1, -0.05) is 41.4 Å². The lowest BCUT2D eigenvalue weighted by atomic mass is 10.2. The summed E-state index contributed by atoms with van der Waals surface area (Å²) in [5.74, 6) is 0.453. The highest BCUT2D eigenvalue weighted by Crippen LogP contribution is 2.37. The molecule has 0 bridgehead atoms. The summed E-state index contributed by atoms with van der Waals surface area (Å²) >= 11 is 20.5. The Morgan fingerprint density at radius 1 is 1.03 bits per heavy atom. The van der Waals surface area contributed by atoms with Crippen LogP contribution in [-0.4, -0.2) is 11.1 Å². The number of ether oxygens (including phenoxy) is 1. The molecule has 1 fully saturated rings. The molecule has 0 spiro atoms. The third kappa shape index (κ3) is 5.77. The molecule has 0 saturated carbocycles. The van der Waals surface area contributed by atoms with E-state index in [1.165, 1.54) is 11.8 Å². The number of hydrogen-bond donors (Lipinski definition) is 1. The van der Waals surface area contributed by atoms with Crippen LogP contribution in [0.4, 0.5) is 5.69 Å². The molecule has 0 unspecified atom stereocenters. The maximum Gasteiger partial charge on any atom is 0.264 e. The van der Waals surface area contributed by atoms with Crippen LogP contribution in [0.3, 0.4) is 0 Å². The molecule has 1 aliphatic rings. The van der Waals surface area contributed by atoms with E-state index in [9.17, 15) is 4.79 Å². The predicted molar refractivity (Wildman–Crippen MR) is 140 cm³/mol. The number of rotatable bonds is 5. The van der Waals surface area contributed by atoms with Gasteiger partial charge in [0.1, 0.15) is 12.4 Å². The molecular weight excluding hydrogens is 599 g/mol. The molecular formula is C23H14Br2Cl2N2O2S. The lowest BCUT2D eigenvalue weighted by molar-refractivity contribution is -0.115. The van der Waals surface area contributed by atoms with E-state index in [-0.39, 0.29) is 5.91 Å². The van der Waals surface area contributed by atoms with Gasteiger partial charge in [-0.05, 0) is 97.7 Å². The van der Waals surface area contributed by atoms with E-state index < -0.39 is 0 Å². The van der Waals surface area contributed by atoms with E-state index in [1.807, 2.05) is 36.4 Å². The first-order chi connectivity index (χ1) is 15.4. The van der Waals surface area contributed by atoms with E-state index in [1.54, 1.807) is 30.3 Å². The SMILES string of the molecule is O=C1NC(=Nc2ccc(Cl)cc2)S/C1=C\c1cc(Br)c(OCc2ccccc2Cl)c(Br)c1. The summed E-state index contributed by atoms with van der Waals surface area (Å²) in [5.41, 5.74) is 2.44. The van der Waals surface area contributed by atoms with Crippen molar-refractivity contribution in [3.05, 3.63) is 95.7 Å². The Labute approximate surface area is 216 Å². The van der Waals surface area contributed by atoms with Gasteiger partial charge in [0.05, 0.1) is 19.5 Å². The average molecular weight is 613 g/mol. The summed E-state index contributed by atoms with van der Waals surface area (Å²) in [6.45, 7) is 0.333. The molecule has 1 amide bonds. The Kier molecular flexibility index (Phi) is 7.63. The van der Waals surface area contributed by atoms with Gasteiger partial charge in [0.2, 0.25) is 0 Å². The van der Waals surface area contributed by atoms with Gasteiger partial charge in [-0.25, -0.2) is 4.99 Å². The highest BCUT2D eigenvalue weighted by atomic mass is 79.9. The van der Waals surface area contributed by atoms with Crippen LogP contribution >= 0.6 is 66.8 Å². The minimum Gasteiger partial charge on any atom is -0.486 e. The Bertz CT molecular complexity index is 1220. The summed E-state index contributed by atoms with van der Waals surface area (Å²) in [5, 5.41) is 4.59. The van der Waals surface area contributed by atoms with Gasteiger partial charge in [0.25, 0.3) is 5.91 Å². The highest BCUT2D eigenvalue weighted by molar-refractivity contribution is 9.11. The molecule has 3 aromatic carbocycles. The molecule has 4 nitrogen and oxygen atoms in total. The van der Waals surface area contributed by atoms with E-state index >= 15 is 0 Å². The Hall–Kier alpha value is -1.77. The van der Waals surface area contributed by atoms with Crippen LogP contribution in [0.5, 0.6) is 5.75 Å². The average Bonchev–Trinajstić information content (AvgIpc) is 3.09. The number of halogens is 4. The Morgan fingerprint density at radius 3 is 2.41 bits per heavy atom. The smallest absolute Gasteiger partial charge is 0.264 e. The Balaban J connectivity index is 1.51. The minimum atomic E-state index is -0.200. The number of carbonyl (C=O) groups is 1. The fourth-order valence-electron chi connectivity index (χ4n) is 2.83. The summed E-state index contributed by atoms with van der Waals surface area (Å²) in [6.07, 6.45) is 1.80. The molecule has 32 heavy (non-hydrogen) atoms. The lowest BCUT2D eigenvalue weighted by Crippen LogP contribution is -2.19. The zero-order valence-electron chi connectivity index (χ0n) is 16.2.